The quantitative estimate of drug-likeness (QED) is 0.351. The molecule has 3 rings (SSSR count). The van der Waals surface area contributed by atoms with Crippen molar-refractivity contribution in [2.75, 3.05) is 29.6 Å². The number of alkyl halides is 3. The summed E-state index contributed by atoms with van der Waals surface area (Å²) in [6.07, 6.45) is -4.16. The second-order valence-electron chi connectivity index (χ2n) is 7.30. The first-order valence-electron chi connectivity index (χ1n) is 9.66. The molecule has 0 saturated carbocycles. The number of rotatable bonds is 7. The van der Waals surface area contributed by atoms with Crippen LogP contribution in [0.1, 0.15) is 22.3 Å². The molecule has 0 unspecified atom stereocenters. The number of nitrogens with zero attached hydrogens (tertiary/aromatic N) is 4. The van der Waals surface area contributed by atoms with Gasteiger partial charge < -0.3 is 15.3 Å². The first kappa shape index (κ1) is 24.2. The fourth-order valence-corrected chi connectivity index (χ4v) is 3.12. The smallest absolute Gasteiger partial charge is 0.418 e. The van der Waals surface area contributed by atoms with Gasteiger partial charge in [-0.15, -0.1) is 10.2 Å². The molecule has 0 radical (unpaired) electrons. The average Bonchev–Trinajstić information content (AvgIpc) is 3.28. The van der Waals surface area contributed by atoms with E-state index in [9.17, 15) is 27.6 Å². The van der Waals surface area contributed by atoms with Gasteiger partial charge in [0.1, 0.15) is 12.7 Å². The molecule has 0 atom stereocenters. The number of halogens is 3. The molecule has 0 saturated heterocycles. The zero-order valence-electron chi connectivity index (χ0n) is 17.9. The van der Waals surface area contributed by atoms with Gasteiger partial charge >= 0.3 is 12.3 Å². The van der Waals surface area contributed by atoms with Gasteiger partial charge in [0, 0.05) is 25.3 Å². The number of aromatic nitrogens is 3. The van der Waals surface area contributed by atoms with Crippen LogP contribution in [0, 0.1) is 0 Å². The lowest BCUT2D eigenvalue weighted by Crippen LogP contribution is -2.21. The average molecular weight is 476 g/mol. The fraction of sp³-hybridized carbons (Fsp3) is 0.190. The van der Waals surface area contributed by atoms with Crippen molar-refractivity contribution >= 4 is 34.8 Å². The van der Waals surface area contributed by atoms with Crippen molar-refractivity contribution in [3.63, 3.8) is 0 Å². The fourth-order valence-electron chi connectivity index (χ4n) is 3.12. The number of carboxylic acid groups (broad SMARTS) is 1. The molecule has 10 nitrogen and oxygen atoms in total. The Labute approximate surface area is 191 Å². The number of amides is 2. The van der Waals surface area contributed by atoms with E-state index in [1.807, 2.05) is 5.32 Å². The maximum Gasteiger partial charge on any atom is 0.418 e. The summed E-state index contributed by atoms with van der Waals surface area (Å²) in [5.41, 5.74) is -1.36. The summed E-state index contributed by atoms with van der Waals surface area (Å²) in [7, 11) is 2.72. The molecule has 0 aliphatic rings. The molecule has 0 bridgehead atoms. The molecule has 0 spiro atoms. The van der Waals surface area contributed by atoms with E-state index in [2.05, 4.69) is 15.5 Å². The molecule has 13 heteroatoms. The molecule has 178 valence electrons. The van der Waals surface area contributed by atoms with Gasteiger partial charge in [-0.1, -0.05) is 12.1 Å². The summed E-state index contributed by atoms with van der Waals surface area (Å²) in [5.74, 6) is -1.51. The number of benzene rings is 2. The molecule has 0 aliphatic heterocycles. The summed E-state index contributed by atoms with van der Waals surface area (Å²) < 4.78 is 42.2. The Morgan fingerprint density at radius 1 is 1.03 bits per heavy atom. The highest BCUT2D eigenvalue weighted by molar-refractivity contribution is 6.12. The lowest BCUT2D eigenvalue weighted by Gasteiger charge is -2.22. The Bertz CT molecular complexity index is 1230. The van der Waals surface area contributed by atoms with Gasteiger partial charge in [0.25, 0.3) is 0 Å². The number of hydrogen-bond donors (Lipinski definition) is 3. The van der Waals surface area contributed by atoms with E-state index in [1.54, 1.807) is 16.7 Å². The van der Waals surface area contributed by atoms with Crippen molar-refractivity contribution in [2.24, 2.45) is 0 Å². The standard InChI is InChI=1S/C21H19F3N6O4/c1-29(2)17-8-16(28-20(33)34)15(7-14(17)21(22,23)24)27-19(32)9-18(31)12-4-3-5-13(6-12)30-10-25-26-11-30/h3-8,10-11,28H,9H2,1-2H3,(H,27,32)(H,33,34). The van der Waals surface area contributed by atoms with E-state index in [0.717, 1.165) is 11.0 Å². The highest BCUT2D eigenvalue weighted by Crippen LogP contribution is 2.41. The van der Waals surface area contributed by atoms with Crippen molar-refractivity contribution in [1.82, 2.24) is 14.8 Å². The van der Waals surface area contributed by atoms with Crippen molar-refractivity contribution in [1.29, 1.82) is 0 Å². The number of Topliss-reactive ketones (excluding diaryl/α,β-unsaturated/α-hetero) is 1. The summed E-state index contributed by atoms with van der Waals surface area (Å²) in [4.78, 5) is 37.4. The summed E-state index contributed by atoms with van der Waals surface area (Å²) in [5, 5.41) is 20.6. The number of nitrogens with one attached hydrogen (secondary N) is 2. The summed E-state index contributed by atoms with van der Waals surface area (Å²) in [6, 6.07) is 7.84. The van der Waals surface area contributed by atoms with Crippen molar-refractivity contribution in [2.45, 2.75) is 12.6 Å². The van der Waals surface area contributed by atoms with Crippen LogP contribution in [-0.4, -0.2) is 51.7 Å². The minimum atomic E-state index is -4.78. The van der Waals surface area contributed by atoms with Crippen LogP contribution in [-0.2, 0) is 11.0 Å². The second-order valence-corrected chi connectivity index (χ2v) is 7.30. The van der Waals surface area contributed by atoms with Crippen LogP contribution in [0.25, 0.3) is 5.69 Å². The molecule has 3 N–H and O–H groups in total. The third-order valence-corrected chi connectivity index (χ3v) is 4.64. The molecule has 2 aromatic carbocycles. The summed E-state index contributed by atoms with van der Waals surface area (Å²) in [6.45, 7) is 0. The lowest BCUT2D eigenvalue weighted by atomic mass is 10.1. The third-order valence-electron chi connectivity index (χ3n) is 4.64. The normalized spacial score (nSPS) is 11.1. The van der Waals surface area contributed by atoms with Crippen LogP contribution in [0.2, 0.25) is 0 Å². The van der Waals surface area contributed by atoms with Crippen LogP contribution in [0.15, 0.2) is 49.1 Å². The first-order valence-corrected chi connectivity index (χ1v) is 9.66. The van der Waals surface area contributed by atoms with E-state index in [4.69, 9.17) is 5.11 Å². The van der Waals surface area contributed by atoms with Gasteiger partial charge in [0.15, 0.2) is 5.78 Å². The number of ketones is 1. The van der Waals surface area contributed by atoms with E-state index in [1.165, 1.54) is 38.9 Å². The van der Waals surface area contributed by atoms with Crippen LogP contribution in [0.5, 0.6) is 0 Å². The Balaban J connectivity index is 1.86. The lowest BCUT2D eigenvalue weighted by molar-refractivity contribution is -0.137. The minimum Gasteiger partial charge on any atom is -0.465 e. The SMILES string of the molecule is CN(C)c1cc(NC(=O)O)c(NC(=O)CC(=O)c2cccc(-n3cnnc3)c2)cc1C(F)(F)F. The van der Waals surface area contributed by atoms with E-state index >= 15 is 0 Å². The van der Waals surface area contributed by atoms with Crippen molar-refractivity contribution in [3.05, 3.63) is 60.2 Å². The monoisotopic (exact) mass is 476 g/mol. The van der Waals surface area contributed by atoms with Gasteiger partial charge in [-0.05, 0) is 24.3 Å². The van der Waals surface area contributed by atoms with Crippen molar-refractivity contribution < 1.29 is 32.7 Å². The molecular weight excluding hydrogens is 457 g/mol. The minimum absolute atomic E-state index is 0.184. The van der Waals surface area contributed by atoms with Crippen LogP contribution in [0.4, 0.5) is 35.0 Å². The van der Waals surface area contributed by atoms with Gasteiger partial charge in [-0.25, -0.2) is 4.79 Å². The molecule has 0 fully saturated rings. The summed E-state index contributed by atoms with van der Waals surface area (Å²) >= 11 is 0. The van der Waals surface area contributed by atoms with E-state index in [0.29, 0.717) is 11.8 Å². The zero-order chi connectivity index (χ0) is 25.0. The maximum atomic E-state index is 13.6. The second kappa shape index (κ2) is 9.60. The predicted molar refractivity (Wildman–Crippen MR) is 116 cm³/mol. The van der Waals surface area contributed by atoms with Crippen LogP contribution >= 0.6 is 0 Å². The first-order chi connectivity index (χ1) is 16.0. The maximum absolute atomic E-state index is 13.6. The molecule has 3 aromatic rings. The van der Waals surface area contributed by atoms with Crippen LogP contribution in [0.3, 0.4) is 0 Å². The van der Waals surface area contributed by atoms with Gasteiger partial charge in [-0.3, -0.25) is 19.5 Å². The highest BCUT2D eigenvalue weighted by atomic mass is 19.4. The van der Waals surface area contributed by atoms with Gasteiger partial charge in [0.2, 0.25) is 5.91 Å². The molecular formula is C21H19F3N6O4. The Hall–Kier alpha value is -4.42. The Kier molecular flexibility index (Phi) is 6.84. The molecule has 1 aromatic heterocycles. The Morgan fingerprint density at radius 3 is 2.26 bits per heavy atom. The predicted octanol–water partition coefficient (Wildman–Crippen LogP) is 3.65. The molecule has 1 heterocycles. The molecule has 34 heavy (non-hydrogen) atoms. The number of hydrogen-bond acceptors (Lipinski definition) is 6. The molecule has 2 amide bonds. The van der Waals surface area contributed by atoms with E-state index < -0.39 is 41.6 Å². The van der Waals surface area contributed by atoms with Crippen molar-refractivity contribution in [3.8, 4) is 5.69 Å². The van der Waals surface area contributed by atoms with Crippen LogP contribution < -0.4 is 15.5 Å². The van der Waals surface area contributed by atoms with Gasteiger partial charge in [-0.2, -0.15) is 13.2 Å². The Morgan fingerprint density at radius 2 is 1.68 bits per heavy atom. The zero-order valence-corrected chi connectivity index (χ0v) is 17.9. The topological polar surface area (TPSA) is 129 Å². The number of anilines is 3. The third kappa shape index (κ3) is 5.68. The van der Waals surface area contributed by atoms with Gasteiger partial charge in [0.05, 0.1) is 29.0 Å². The highest BCUT2D eigenvalue weighted by Gasteiger charge is 2.35. The molecule has 0 aliphatic carbocycles. The van der Waals surface area contributed by atoms with E-state index in [-0.39, 0.29) is 16.9 Å². The largest absolute Gasteiger partial charge is 0.465 e. The number of carbonyl (C=O) groups excluding carboxylic acids is 2. The number of carbonyl (C=O) groups is 3.